The predicted octanol–water partition coefficient (Wildman–Crippen LogP) is 0.640. The zero-order chi connectivity index (χ0) is 17.0. The van der Waals surface area contributed by atoms with Crippen molar-refractivity contribution in [2.45, 2.75) is 4.90 Å². The zero-order valence-corrected chi connectivity index (χ0v) is 13.0. The van der Waals surface area contributed by atoms with Gasteiger partial charge in [0.05, 0.1) is 4.90 Å². The van der Waals surface area contributed by atoms with Crippen molar-refractivity contribution in [3.05, 3.63) is 48.3 Å². The lowest BCUT2D eigenvalue weighted by Gasteiger charge is -2.09. The fourth-order valence-corrected chi connectivity index (χ4v) is 2.89. The molecule has 8 nitrogen and oxygen atoms in total. The summed E-state index contributed by atoms with van der Waals surface area (Å²) in [6.45, 7) is -0.720. The molecule has 1 heterocycles. The third-order valence-corrected chi connectivity index (χ3v) is 4.39. The summed E-state index contributed by atoms with van der Waals surface area (Å²) < 4.78 is 27.5. The quantitative estimate of drug-likeness (QED) is 0.715. The molecule has 1 amide bonds. The highest BCUT2D eigenvalue weighted by molar-refractivity contribution is 7.89. The molecule has 3 N–H and O–H groups in total. The minimum absolute atomic E-state index is 0.136. The number of nitrogens with zero attached hydrogens (tertiary/aromatic N) is 1. The Morgan fingerprint density at radius 3 is 2.57 bits per heavy atom. The summed E-state index contributed by atoms with van der Waals surface area (Å²) in [7, 11) is -2.25. The summed E-state index contributed by atoms with van der Waals surface area (Å²) in [5.74, 6) is -1.67. The van der Waals surface area contributed by atoms with Gasteiger partial charge in [-0.15, -0.1) is 0 Å². The van der Waals surface area contributed by atoms with Crippen molar-refractivity contribution in [3.63, 3.8) is 0 Å². The molecule has 0 spiro atoms. The first kappa shape index (κ1) is 16.7. The number of rotatable bonds is 6. The van der Waals surface area contributed by atoms with Gasteiger partial charge >= 0.3 is 5.97 Å². The van der Waals surface area contributed by atoms with Gasteiger partial charge in [0.25, 0.3) is 5.91 Å². The van der Waals surface area contributed by atoms with Crippen LogP contribution in [0.4, 0.5) is 5.69 Å². The van der Waals surface area contributed by atoms with Crippen LogP contribution in [0.5, 0.6) is 0 Å². The molecular formula is C14H15N3O5S. The van der Waals surface area contributed by atoms with Crippen molar-refractivity contribution >= 4 is 27.6 Å². The van der Waals surface area contributed by atoms with Crippen molar-refractivity contribution in [1.82, 2.24) is 9.29 Å². The van der Waals surface area contributed by atoms with Crippen LogP contribution in [0.25, 0.3) is 0 Å². The number of nitrogens with one attached hydrogen (secondary N) is 2. The Morgan fingerprint density at radius 1 is 1.22 bits per heavy atom. The molecule has 0 saturated carbocycles. The maximum absolute atomic E-state index is 12.1. The first-order valence-corrected chi connectivity index (χ1v) is 8.02. The van der Waals surface area contributed by atoms with E-state index in [1.165, 1.54) is 24.3 Å². The number of amides is 1. The average molecular weight is 337 g/mol. The molecule has 1 aromatic carbocycles. The van der Waals surface area contributed by atoms with Gasteiger partial charge in [-0.1, -0.05) is 6.07 Å². The molecule has 1 aromatic heterocycles. The molecule has 0 radical (unpaired) electrons. The third-order valence-electron chi connectivity index (χ3n) is 2.99. The largest absolute Gasteiger partial charge is 0.480 e. The monoisotopic (exact) mass is 337 g/mol. The van der Waals surface area contributed by atoms with E-state index in [1.807, 2.05) is 4.72 Å². The summed E-state index contributed by atoms with van der Waals surface area (Å²) in [5.41, 5.74) is 0.705. The minimum Gasteiger partial charge on any atom is -0.480 e. The second-order valence-corrected chi connectivity index (χ2v) is 6.47. The number of carbonyl (C=O) groups excluding carboxylic acids is 1. The molecule has 23 heavy (non-hydrogen) atoms. The van der Waals surface area contributed by atoms with Crippen LogP contribution in [0.3, 0.4) is 0 Å². The number of benzene rings is 1. The minimum atomic E-state index is -3.96. The van der Waals surface area contributed by atoms with Crippen LogP contribution in [-0.2, 0) is 21.9 Å². The number of carbonyl (C=O) groups is 2. The van der Waals surface area contributed by atoms with Gasteiger partial charge in [0.2, 0.25) is 10.0 Å². The molecule has 122 valence electrons. The number of carboxylic acids is 1. The van der Waals surface area contributed by atoms with E-state index in [4.69, 9.17) is 5.11 Å². The topological polar surface area (TPSA) is 118 Å². The Bertz CT molecular complexity index is 842. The van der Waals surface area contributed by atoms with Crippen molar-refractivity contribution in [3.8, 4) is 0 Å². The first-order chi connectivity index (χ1) is 10.8. The molecule has 9 heteroatoms. The third kappa shape index (κ3) is 4.18. The average Bonchev–Trinajstić information content (AvgIpc) is 2.92. The van der Waals surface area contributed by atoms with E-state index >= 15 is 0 Å². The smallest absolute Gasteiger partial charge is 0.318 e. The van der Waals surface area contributed by atoms with Gasteiger partial charge in [-0.05, 0) is 30.3 Å². The molecule has 0 saturated heterocycles. The second-order valence-electron chi connectivity index (χ2n) is 4.70. The Labute approximate surface area is 132 Å². The van der Waals surface area contributed by atoms with Gasteiger partial charge in [-0.2, -0.15) is 4.72 Å². The van der Waals surface area contributed by atoms with E-state index in [-0.39, 0.29) is 16.5 Å². The number of carboxylic acid groups (broad SMARTS) is 1. The molecule has 2 aromatic rings. The van der Waals surface area contributed by atoms with E-state index in [0.717, 1.165) is 0 Å². The summed E-state index contributed by atoms with van der Waals surface area (Å²) in [6, 6.07) is 8.90. The lowest BCUT2D eigenvalue weighted by atomic mass is 10.3. The van der Waals surface area contributed by atoms with Crippen LogP contribution in [-0.4, -0.2) is 36.5 Å². The Balaban J connectivity index is 2.18. The zero-order valence-electron chi connectivity index (χ0n) is 12.2. The van der Waals surface area contributed by atoms with E-state index in [0.29, 0.717) is 5.69 Å². The Morgan fingerprint density at radius 2 is 1.96 bits per heavy atom. The van der Waals surface area contributed by atoms with Gasteiger partial charge in [0.1, 0.15) is 12.2 Å². The van der Waals surface area contributed by atoms with Crippen LogP contribution < -0.4 is 10.0 Å². The molecule has 0 aliphatic heterocycles. The number of aliphatic carboxylic acids is 1. The summed E-state index contributed by atoms with van der Waals surface area (Å²) in [6.07, 6.45) is 1.71. The normalized spacial score (nSPS) is 11.2. The van der Waals surface area contributed by atoms with Gasteiger partial charge in [0.15, 0.2) is 0 Å². The van der Waals surface area contributed by atoms with Crippen LogP contribution in [0, 0.1) is 0 Å². The number of aromatic nitrogens is 1. The standard InChI is InChI=1S/C14H15N3O5S/c1-17-7-3-6-12(17)14(20)16-10-4-2-5-11(8-10)23(21,22)15-9-13(18)19/h2-8,15H,9H2,1H3,(H,16,20)(H,18,19). The molecule has 0 aliphatic carbocycles. The van der Waals surface area contributed by atoms with Gasteiger partial charge < -0.3 is 15.0 Å². The van der Waals surface area contributed by atoms with E-state index in [9.17, 15) is 18.0 Å². The maximum Gasteiger partial charge on any atom is 0.318 e. The summed E-state index contributed by atoms with van der Waals surface area (Å²) >= 11 is 0. The van der Waals surface area contributed by atoms with E-state index in [1.54, 1.807) is 29.9 Å². The SMILES string of the molecule is Cn1cccc1C(=O)Nc1cccc(S(=O)(=O)NCC(=O)O)c1. The van der Waals surface area contributed by atoms with E-state index in [2.05, 4.69) is 5.32 Å². The summed E-state index contributed by atoms with van der Waals surface area (Å²) in [5, 5.41) is 11.1. The second kappa shape index (κ2) is 6.63. The van der Waals surface area contributed by atoms with Crippen LogP contribution in [0.1, 0.15) is 10.5 Å². The predicted molar refractivity (Wildman–Crippen MR) is 82.6 cm³/mol. The lowest BCUT2D eigenvalue weighted by molar-refractivity contribution is -0.135. The van der Waals surface area contributed by atoms with Crippen LogP contribution in [0.2, 0.25) is 0 Å². The molecule has 0 aliphatic rings. The van der Waals surface area contributed by atoms with Crippen molar-refractivity contribution in [1.29, 1.82) is 0 Å². The van der Waals surface area contributed by atoms with Gasteiger partial charge in [-0.25, -0.2) is 8.42 Å². The van der Waals surface area contributed by atoms with Crippen molar-refractivity contribution < 1.29 is 23.1 Å². The number of anilines is 1. The number of hydrogen-bond donors (Lipinski definition) is 3. The maximum atomic E-state index is 12.1. The molecule has 0 unspecified atom stereocenters. The highest BCUT2D eigenvalue weighted by atomic mass is 32.2. The van der Waals surface area contributed by atoms with Crippen LogP contribution >= 0.6 is 0 Å². The Hall–Kier alpha value is -2.65. The van der Waals surface area contributed by atoms with Gasteiger partial charge in [0, 0.05) is 18.9 Å². The van der Waals surface area contributed by atoms with Gasteiger partial charge in [-0.3, -0.25) is 9.59 Å². The highest BCUT2D eigenvalue weighted by Gasteiger charge is 2.16. The van der Waals surface area contributed by atoms with Crippen molar-refractivity contribution in [2.75, 3.05) is 11.9 Å². The molecule has 0 atom stereocenters. The fraction of sp³-hybridized carbons (Fsp3) is 0.143. The number of aryl methyl sites for hydroxylation is 1. The summed E-state index contributed by atoms with van der Waals surface area (Å²) in [4.78, 5) is 22.4. The molecular weight excluding hydrogens is 322 g/mol. The highest BCUT2D eigenvalue weighted by Crippen LogP contribution is 2.16. The Kier molecular flexibility index (Phi) is 4.82. The molecule has 0 bridgehead atoms. The first-order valence-electron chi connectivity index (χ1n) is 6.54. The number of sulfonamides is 1. The van der Waals surface area contributed by atoms with Crippen LogP contribution in [0.15, 0.2) is 47.5 Å². The fourth-order valence-electron chi connectivity index (χ4n) is 1.87. The molecule has 0 fully saturated rings. The van der Waals surface area contributed by atoms with Crippen molar-refractivity contribution in [2.24, 2.45) is 7.05 Å². The lowest BCUT2D eigenvalue weighted by Crippen LogP contribution is -2.29. The molecule has 2 rings (SSSR count). The number of hydrogen-bond acceptors (Lipinski definition) is 4. The van der Waals surface area contributed by atoms with E-state index < -0.39 is 22.5 Å².